The molecule has 25 heavy (non-hydrogen) atoms. The first kappa shape index (κ1) is 15.4. The maximum Gasteiger partial charge on any atom is 0.507 e. The fourth-order valence-corrected chi connectivity index (χ4v) is 2.80. The van der Waals surface area contributed by atoms with E-state index in [2.05, 4.69) is 15.4 Å². The summed E-state index contributed by atoms with van der Waals surface area (Å²) in [6, 6.07) is 16.7. The van der Waals surface area contributed by atoms with Crippen LogP contribution in [0.5, 0.6) is 11.5 Å². The van der Waals surface area contributed by atoms with Gasteiger partial charge >= 0.3 is 7.69 Å². The number of para-hydroxylation sites is 1. The van der Waals surface area contributed by atoms with Crippen molar-refractivity contribution in [2.24, 2.45) is 0 Å². The maximum absolute atomic E-state index is 13.1. The summed E-state index contributed by atoms with van der Waals surface area (Å²) in [5.74, 6) is 2.19. The summed E-state index contributed by atoms with van der Waals surface area (Å²) in [7, 11) is 0.415. The highest BCUT2D eigenvalue weighted by Gasteiger charge is 2.33. The Morgan fingerprint density at radius 3 is 2.48 bits per heavy atom. The van der Waals surface area contributed by atoms with Gasteiger partial charge in [-0.15, -0.1) is 0 Å². The molecule has 1 unspecified atom stereocenters. The standard InChI is InChI=1S/C17H14BFN5O/c19-18-24-17-14(16(20)21-10-22-17)15(23-24)11-6-8-13(9-7-11)25-12-4-2-1-3-5-12/h1-10,15,23H,(H2,20,21,22). The summed E-state index contributed by atoms with van der Waals surface area (Å²) in [6.07, 6.45) is 1.31. The van der Waals surface area contributed by atoms with Crippen LogP contribution in [0.25, 0.3) is 0 Å². The van der Waals surface area contributed by atoms with Crippen LogP contribution in [-0.4, -0.2) is 17.7 Å². The Morgan fingerprint density at radius 1 is 1.04 bits per heavy atom. The summed E-state index contributed by atoms with van der Waals surface area (Å²) in [4.78, 5) is 9.31. The van der Waals surface area contributed by atoms with Gasteiger partial charge in [-0.25, -0.2) is 15.4 Å². The average molecular weight is 334 g/mol. The molecule has 0 bridgehead atoms. The molecule has 0 saturated heterocycles. The molecule has 3 aromatic rings. The Morgan fingerprint density at radius 2 is 1.76 bits per heavy atom. The van der Waals surface area contributed by atoms with Crippen LogP contribution in [0.3, 0.4) is 0 Å². The summed E-state index contributed by atoms with van der Waals surface area (Å²) in [5, 5.41) is 0. The molecule has 6 nitrogen and oxygen atoms in total. The first-order valence-corrected chi connectivity index (χ1v) is 7.68. The van der Waals surface area contributed by atoms with Gasteiger partial charge in [-0.05, 0) is 29.8 Å². The minimum absolute atomic E-state index is 0.316. The molecule has 123 valence electrons. The lowest BCUT2D eigenvalue weighted by atomic mass is 10.0. The third kappa shape index (κ3) is 2.87. The van der Waals surface area contributed by atoms with Crippen molar-refractivity contribution in [1.29, 1.82) is 0 Å². The molecular weight excluding hydrogens is 320 g/mol. The van der Waals surface area contributed by atoms with Crippen molar-refractivity contribution in [3.63, 3.8) is 0 Å². The van der Waals surface area contributed by atoms with E-state index in [-0.39, 0.29) is 6.04 Å². The molecule has 8 heteroatoms. The second-order valence-corrected chi connectivity index (χ2v) is 5.51. The highest BCUT2D eigenvalue weighted by Crippen LogP contribution is 2.38. The first-order valence-electron chi connectivity index (χ1n) is 7.68. The molecule has 1 aromatic heterocycles. The van der Waals surface area contributed by atoms with Gasteiger partial charge in [-0.2, -0.15) is 0 Å². The van der Waals surface area contributed by atoms with E-state index in [0.29, 0.717) is 30.6 Å². The number of nitrogen functional groups attached to an aromatic ring is 1. The lowest BCUT2D eigenvalue weighted by Crippen LogP contribution is -2.36. The highest BCUT2D eigenvalue weighted by atomic mass is 19.1. The Kier molecular flexibility index (Phi) is 3.95. The second-order valence-electron chi connectivity index (χ2n) is 5.51. The number of nitrogens with two attached hydrogens (primary N) is 1. The van der Waals surface area contributed by atoms with Gasteiger partial charge in [0.25, 0.3) is 0 Å². The molecule has 1 radical (unpaired) electrons. The molecule has 3 N–H and O–H groups in total. The zero-order valence-electron chi connectivity index (χ0n) is 13.1. The van der Waals surface area contributed by atoms with E-state index in [1.165, 1.54) is 11.2 Å². The Bertz CT molecular complexity index is 878. The van der Waals surface area contributed by atoms with Crippen molar-refractivity contribution in [2.75, 3.05) is 10.7 Å². The minimum atomic E-state index is -0.339. The van der Waals surface area contributed by atoms with E-state index in [0.717, 1.165) is 11.3 Å². The van der Waals surface area contributed by atoms with Crippen LogP contribution in [0.4, 0.5) is 16.0 Å². The number of hydrogen-bond donors (Lipinski definition) is 2. The van der Waals surface area contributed by atoms with Crippen molar-refractivity contribution in [1.82, 2.24) is 15.4 Å². The van der Waals surface area contributed by atoms with Crippen molar-refractivity contribution in [3.05, 3.63) is 72.1 Å². The number of nitrogens with one attached hydrogen (secondary N) is 1. The number of aromatic nitrogens is 2. The zero-order valence-corrected chi connectivity index (χ0v) is 13.1. The molecule has 4 rings (SSSR count). The van der Waals surface area contributed by atoms with E-state index in [1.807, 2.05) is 54.6 Å². The van der Waals surface area contributed by atoms with Gasteiger partial charge < -0.3 is 19.7 Å². The molecule has 0 amide bonds. The zero-order chi connectivity index (χ0) is 17.2. The van der Waals surface area contributed by atoms with E-state index in [1.54, 1.807) is 0 Å². The van der Waals surface area contributed by atoms with Crippen LogP contribution >= 0.6 is 0 Å². The molecule has 1 atom stereocenters. The van der Waals surface area contributed by atoms with Crippen LogP contribution in [0.1, 0.15) is 17.2 Å². The quantitative estimate of drug-likeness (QED) is 0.715. The van der Waals surface area contributed by atoms with Gasteiger partial charge in [0.05, 0.1) is 11.6 Å². The van der Waals surface area contributed by atoms with Gasteiger partial charge in [0, 0.05) is 0 Å². The predicted molar refractivity (Wildman–Crippen MR) is 93.7 cm³/mol. The van der Waals surface area contributed by atoms with Gasteiger partial charge in [0.15, 0.2) is 0 Å². The number of rotatable bonds is 4. The van der Waals surface area contributed by atoms with E-state index >= 15 is 0 Å². The highest BCUT2D eigenvalue weighted by molar-refractivity contribution is 6.33. The van der Waals surface area contributed by atoms with Gasteiger partial charge in [-0.3, -0.25) is 0 Å². The third-order valence-electron chi connectivity index (χ3n) is 3.97. The lowest BCUT2D eigenvalue weighted by molar-refractivity contribution is 0.482. The fourth-order valence-electron chi connectivity index (χ4n) is 2.80. The van der Waals surface area contributed by atoms with Crippen LogP contribution in [0.2, 0.25) is 0 Å². The number of fused-ring (bicyclic) bond motifs is 1. The summed E-state index contributed by atoms with van der Waals surface area (Å²) >= 11 is 0. The van der Waals surface area contributed by atoms with Crippen molar-refractivity contribution in [2.45, 2.75) is 6.04 Å². The molecule has 2 aromatic carbocycles. The number of benzene rings is 2. The monoisotopic (exact) mass is 334 g/mol. The molecular formula is C17H14BFN5O. The largest absolute Gasteiger partial charge is 0.507 e. The summed E-state index contributed by atoms with van der Waals surface area (Å²) in [6.45, 7) is 0. The second kappa shape index (κ2) is 6.41. The molecule has 0 fully saturated rings. The van der Waals surface area contributed by atoms with E-state index in [4.69, 9.17) is 10.5 Å². The SMILES string of the molecule is Nc1ncnc2c1C(c1ccc(Oc3ccccc3)cc1)NN2[B]F. The normalized spacial score (nSPS) is 15.7. The maximum atomic E-state index is 13.1. The van der Waals surface area contributed by atoms with Gasteiger partial charge in [0.2, 0.25) is 0 Å². The number of nitrogens with zero attached hydrogens (tertiary/aromatic N) is 3. The van der Waals surface area contributed by atoms with E-state index < -0.39 is 0 Å². The molecule has 1 aliphatic rings. The smallest absolute Gasteiger partial charge is 0.457 e. The Balaban J connectivity index is 1.61. The molecule has 2 heterocycles. The topological polar surface area (TPSA) is 76.3 Å². The summed E-state index contributed by atoms with van der Waals surface area (Å²) < 4.78 is 18.9. The molecule has 0 saturated carbocycles. The fraction of sp³-hybridized carbons (Fsp3) is 0.0588. The van der Waals surface area contributed by atoms with Crippen molar-refractivity contribution in [3.8, 4) is 11.5 Å². The minimum Gasteiger partial charge on any atom is -0.457 e. The third-order valence-corrected chi connectivity index (χ3v) is 3.97. The Labute approximate surface area is 144 Å². The predicted octanol–water partition coefficient (Wildman–Crippen LogP) is 2.77. The van der Waals surface area contributed by atoms with E-state index in [9.17, 15) is 4.32 Å². The number of hydrogen-bond acceptors (Lipinski definition) is 6. The van der Waals surface area contributed by atoms with Crippen LogP contribution < -0.4 is 20.8 Å². The van der Waals surface area contributed by atoms with Crippen molar-refractivity contribution < 1.29 is 9.05 Å². The molecule has 1 aliphatic heterocycles. The van der Waals surface area contributed by atoms with Crippen molar-refractivity contribution >= 4 is 19.3 Å². The van der Waals surface area contributed by atoms with Crippen LogP contribution in [-0.2, 0) is 0 Å². The number of ether oxygens (including phenoxy) is 1. The number of halogens is 1. The average Bonchev–Trinajstić information content (AvgIpc) is 3.03. The molecule has 0 aliphatic carbocycles. The van der Waals surface area contributed by atoms with Crippen LogP contribution in [0.15, 0.2) is 60.9 Å². The number of hydrazine groups is 1. The van der Waals surface area contributed by atoms with Gasteiger partial charge in [0.1, 0.15) is 29.5 Å². The number of anilines is 2. The molecule has 0 spiro atoms. The Hall–Kier alpha value is -3.13. The lowest BCUT2D eigenvalue weighted by Gasteiger charge is -2.16. The van der Waals surface area contributed by atoms with Crippen LogP contribution in [0, 0.1) is 0 Å². The summed E-state index contributed by atoms with van der Waals surface area (Å²) in [5.41, 5.74) is 10.5. The van der Waals surface area contributed by atoms with Gasteiger partial charge in [-0.1, -0.05) is 30.3 Å². The first-order chi connectivity index (χ1) is 12.3.